The van der Waals surface area contributed by atoms with E-state index in [0.717, 1.165) is 12.2 Å². The standard InChI is InChI=1S/C28H28FN3O3S/c1-2-18-35-23-14-12-22(13-15-23)30-27(34)25-19-26(33)32(17-16-20-8-6-7-11-24(20)29)28(36-25)31-21-9-4-3-5-10-21/h3-15,25H,2,16-19H2,1H3,(H,30,34). The monoisotopic (exact) mass is 505 g/mol. The van der Waals surface area contributed by atoms with Crippen molar-refractivity contribution >= 4 is 40.1 Å². The number of benzene rings is 3. The number of rotatable bonds is 9. The third-order valence-corrected chi connectivity index (χ3v) is 6.76. The lowest BCUT2D eigenvalue weighted by molar-refractivity contribution is -0.129. The molecule has 6 nitrogen and oxygen atoms in total. The maximum absolute atomic E-state index is 14.1. The molecule has 0 saturated carbocycles. The average Bonchev–Trinajstić information content (AvgIpc) is 2.89. The highest BCUT2D eigenvalue weighted by Crippen LogP contribution is 2.30. The highest BCUT2D eigenvalue weighted by molar-refractivity contribution is 8.15. The lowest BCUT2D eigenvalue weighted by Gasteiger charge is -2.32. The maximum Gasteiger partial charge on any atom is 0.238 e. The molecule has 1 atom stereocenters. The van der Waals surface area contributed by atoms with Crippen molar-refractivity contribution in [1.82, 2.24) is 4.90 Å². The van der Waals surface area contributed by atoms with Crippen LogP contribution in [0.15, 0.2) is 83.9 Å². The largest absolute Gasteiger partial charge is 0.494 e. The average molecular weight is 506 g/mol. The topological polar surface area (TPSA) is 71.0 Å². The number of carbonyl (C=O) groups is 2. The number of nitrogens with zero attached hydrogens (tertiary/aromatic N) is 2. The second-order valence-corrected chi connectivity index (χ2v) is 9.46. The fraction of sp³-hybridized carbons (Fsp3) is 0.250. The van der Waals surface area contributed by atoms with Crippen molar-refractivity contribution in [3.8, 4) is 5.75 Å². The quantitative estimate of drug-likeness (QED) is 0.398. The van der Waals surface area contributed by atoms with Crippen LogP contribution in [-0.2, 0) is 16.0 Å². The van der Waals surface area contributed by atoms with Crippen LogP contribution in [0.25, 0.3) is 0 Å². The molecule has 4 rings (SSSR count). The van der Waals surface area contributed by atoms with Gasteiger partial charge in [0.2, 0.25) is 11.8 Å². The molecule has 1 aliphatic heterocycles. The summed E-state index contributed by atoms with van der Waals surface area (Å²) in [7, 11) is 0. The number of thioether (sulfide) groups is 1. The van der Waals surface area contributed by atoms with Crippen LogP contribution in [0.4, 0.5) is 15.8 Å². The molecule has 0 spiro atoms. The van der Waals surface area contributed by atoms with Crippen LogP contribution >= 0.6 is 11.8 Å². The number of anilines is 1. The number of ether oxygens (including phenoxy) is 1. The van der Waals surface area contributed by atoms with Gasteiger partial charge in [0.25, 0.3) is 0 Å². The van der Waals surface area contributed by atoms with Gasteiger partial charge in [-0.25, -0.2) is 9.38 Å². The molecule has 3 aromatic carbocycles. The minimum absolute atomic E-state index is 0.0271. The van der Waals surface area contributed by atoms with Crippen LogP contribution in [-0.4, -0.2) is 40.3 Å². The number of hydrogen-bond acceptors (Lipinski definition) is 5. The van der Waals surface area contributed by atoms with E-state index in [9.17, 15) is 14.0 Å². The Bertz CT molecular complexity index is 1220. The van der Waals surface area contributed by atoms with Gasteiger partial charge >= 0.3 is 0 Å². The molecule has 0 radical (unpaired) electrons. The van der Waals surface area contributed by atoms with Gasteiger partial charge in [-0.3, -0.25) is 14.5 Å². The van der Waals surface area contributed by atoms with Crippen molar-refractivity contribution in [2.45, 2.75) is 31.4 Å². The zero-order valence-corrected chi connectivity index (χ0v) is 20.8. The molecule has 8 heteroatoms. The van der Waals surface area contributed by atoms with Crippen molar-refractivity contribution in [2.75, 3.05) is 18.5 Å². The molecular weight excluding hydrogens is 477 g/mol. The highest BCUT2D eigenvalue weighted by atomic mass is 32.2. The molecule has 1 unspecified atom stereocenters. The third kappa shape index (κ3) is 6.73. The van der Waals surface area contributed by atoms with Gasteiger partial charge in [-0.05, 0) is 60.9 Å². The van der Waals surface area contributed by atoms with E-state index < -0.39 is 5.25 Å². The Labute approximate surface area is 214 Å². The van der Waals surface area contributed by atoms with Crippen LogP contribution < -0.4 is 10.1 Å². The van der Waals surface area contributed by atoms with Crippen LogP contribution in [0.5, 0.6) is 5.75 Å². The van der Waals surface area contributed by atoms with Crippen molar-refractivity contribution < 1.29 is 18.7 Å². The van der Waals surface area contributed by atoms with Gasteiger partial charge in [-0.1, -0.05) is 55.1 Å². The van der Waals surface area contributed by atoms with Crippen molar-refractivity contribution in [3.63, 3.8) is 0 Å². The Balaban J connectivity index is 1.49. The summed E-state index contributed by atoms with van der Waals surface area (Å²) in [6.07, 6.45) is 1.28. The Hall–Kier alpha value is -3.65. The maximum atomic E-state index is 14.1. The summed E-state index contributed by atoms with van der Waals surface area (Å²) in [5, 5.41) is 2.68. The van der Waals surface area contributed by atoms with Crippen LogP contribution in [0.2, 0.25) is 0 Å². The second kappa shape index (κ2) is 12.4. The van der Waals surface area contributed by atoms with E-state index in [2.05, 4.69) is 10.3 Å². The molecule has 3 aromatic rings. The van der Waals surface area contributed by atoms with E-state index >= 15 is 0 Å². The number of hydrogen-bond donors (Lipinski definition) is 1. The molecule has 0 aliphatic carbocycles. The lowest BCUT2D eigenvalue weighted by atomic mass is 10.1. The smallest absolute Gasteiger partial charge is 0.238 e. The zero-order valence-electron chi connectivity index (χ0n) is 20.0. The Morgan fingerprint density at radius 3 is 2.53 bits per heavy atom. The SMILES string of the molecule is CCCOc1ccc(NC(=O)C2CC(=O)N(CCc3ccccc3F)C(=Nc3ccccc3)S2)cc1. The predicted molar refractivity (Wildman–Crippen MR) is 142 cm³/mol. The van der Waals surface area contributed by atoms with Gasteiger partial charge < -0.3 is 10.1 Å². The molecule has 36 heavy (non-hydrogen) atoms. The van der Waals surface area contributed by atoms with E-state index in [1.165, 1.54) is 17.8 Å². The predicted octanol–water partition coefficient (Wildman–Crippen LogP) is 5.82. The molecule has 1 fully saturated rings. The van der Waals surface area contributed by atoms with Gasteiger partial charge in [-0.2, -0.15) is 0 Å². The normalized spacial score (nSPS) is 16.7. The minimum Gasteiger partial charge on any atom is -0.494 e. The van der Waals surface area contributed by atoms with Gasteiger partial charge in [-0.15, -0.1) is 0 Å². The van der Waals surface area contributed by atoms with E-state index in [0.29, 0.717) is 35.1 Å². The summed E-state index contributed by atoms with van der Waals surface area (Å²) >= 11 is 1.24. The molecule has 0 aromatic heterocycles. The lowest BCUT2D eigenvalue weighted by Crippen LogP contribution is -2.46. The summed E-state index contributed by atoms with van der Waals surface area (Å²) in [5.74, 6) is -0.0623. The van der Waals surface area contributed by atoms with Gasteiger partial charge in [0, 0.05) is 18.7 Å². The fourth-order valence-corrected chi connectivity index (χ4v) is 4.81. The summed E-state index contributed by atoms with van der Waals surface area (Å²) in [6, 6.07) is 22.9. The first-order valence-corrected chi connectivity index (χ1v) is 12.8. The number of aliphatic imine (C=N–C) groups is 1. The molecule has 1 heterocycles. The zero-order chi connectivity index (χ0) is 25.3. The number of halogens is 1. The number of amidine groups is 1. The fourth-order valence-electron chi connectivity index (χ4n) is 3.68. The number of amides is 2. The molecular formula is C28H28FN3O3S. The van der Waals surface area contributed by atoms with Crippen LogP contribution in [0, 0.1) is 5.82 Å². The highest BCUT2D eigenvalue weighted by Gasteiger charge is 2.36. The van der Waals surface area contributed by atoms with E-state index in [-0.39, 0.29) is 30.6 Å². The first-order chi connectivity index (χ1) is 17.5. The van der Waals surface area contributed by atoms with Crippen molar-refractivity contribution in [1.29, 1.82) is 0 Å². The Morgan fingerprint density at radius 2 is 1.81 bits per heavy atom. The van der Waals surface area contributed by atoms with Gasteiger partial charge in [0.1, 0.15) is 16.8 Å². The molecule has 186 valence electrons. The Kier molecular flexibility index (Phi) is 8.73. The summed E-state index contributed by atoms with van der Waals surface area (Å²) < 4.78 is 19.7. The number of para-hydroxylation sites is 1. The minimum atomic E-state index is -0.638. The first kappa shape index (κ1) is 25.4. The summed E-state index contributed by atoms with van der Waals surface area (Å²) in [5.41, 5.74) is 1.83. The van der Waals surface area contributed by atoms with Crippen LogP contribution in [0.3, 0.4) is 0 Å². The second-order valence-electron chi connectivity index (χ2n) is 8.29. The summed E-state index contributed by atoms with van der Waals surface area (Å²) in [4.78, 5) is 32.4. The first-order valence-electron chi connectivity index (χ1n) is 11.9. The third-order valence-electron chi connectivity index (χ3n) is 5.57. The number of nitrogens with one attached hydrogen (secondary N) is 1. The van der Waals surface area contributed by atoms with Crippen molar-refractivity contribution in [3.05, 3.63) is 90.2 Å². The van der Waals surface area contributed by atoms with Gasteiger partial charge in [0.15, 0.2) is 5.17 Å². The van der Waals surface area contributed by atoms with E-state index in [1.54, 1.807) is 47.4 Å². The van der Waals surface area contributed by atoms with Gasteiger partial charge in [0.05, 0.1) is 12.3 Å². The Morgan fingerprint density at radius 1 is 1.08 bits per heavy atom. The van der Waals surface area contributed by atoms with Crippen molar-refractivity contribution in [2.24, 2.45) is 4.99 Å². The number of carbonyl (C=O) groups excluding carboxylic acids is 2. The van der Waals surface area contributed by atoms with E-state index in [4.69, 9.17) is 4.74 Å². The molecule has 1 N–H and O–H groups in total. The molecule has 2 amide bonds. The molecule has 0 bridgehead atoms. The molecule has 1 saturated heterocycles. The van der Waals surface area contributed by atoms with Crippen LogP contribution in [0.1, 0.15) is 25.3 Å². The summed E-state index contributed by atoms with van der Waals surface area (Å²) in [6.45, 7) is 2.93. The van der Waals surface area contributed by atoms with E-state index in [1.807, 2.05) is 37.3 Å². The molecule has 1 aliphatic rings.